The molecule has 2 aromatic carbocycles. The number of carbonyl (C=O) groups excluding carboxylic acids is 1. The van der Waals surface area contributed by atoms with Crippen molar-refractivity contribution in [2.24, 2.45) is 0 Å². The van der Waals surface area contributed by atoms with E-state index in [4.69, 9.17) is 4.74 Å². The Morgan fingerprint density at radius 1 is 1.08 bits per heavy atom. The molecule has 0 unspecified atom stereocenters. The molecule has 1 fully saturated rings. The average molecular weight is 347 g/mol. The summed E-state index contributed by atoms with van der Waals surface area (Å²) in [6.07, 6.45) is 0. The maximum Gasteiger partial charge on any atom is 0.322 e. The molecule has 5 nitrogen and oxygen atoms in total. The van der Waals surface area contributed by atoms with Crippen LogP contribution in [0, 0.1) is 11.6 Å². The molecule has 1 N–H and O–H groups in total. The fourth-order valence-electron chi connectivity index (χ4n) is 2.83. The first-order valence-electron chi connectivity index (χ1n) is 7.97. The van der Waals surface area contributed by atoms with Crippen molar-refractivity contribution in [1.29, 1.82) is 0 Å². The number of anilines is 2. The average Bonchev–Trinajstić information content (AvgIpc) is 2.64. The maximum absolute atomic E-state index is 13.6. The highest BCUT2D eigenvalue weighted by atomic mass is 19.1. The number of piperazine rings is 1. The Hall–Kier alpha value is -2.83. The van der Waals surface area contributed by atoms with Gasteiger partial charge in [-0.25, -0.2) is 13.6 Å². The van der Waals surface area contributed by atoms with Crippen molar-refractivity contribution in [3.8, 4) is 5.75 Å². The number of carbonyl (C=O) groups is 1. The number of ether oxygens (including phenoxy) is 1. The highest BCUT2D eigenvalue weighted by Crippen LogP contribution is 2.28. The molecule has 132 valence electrons. The third kappa shape index (κ3) is 3.81. The number of hydrogen-bond acceptors (Lipinski definition) is 3. The minimum absolute atomic E-state index is 0.0291. The van der Waals surface area contributed by atoms with Crippen LogP contribution in [0.2, 0.25) is 0 Å². The summed E-state index contributed by atoms with van der Waals surface area (Å²) in [6, 6.07) is 10.4. The van der Waals surface area contributed by atoms with Gasteiger partial charge in [0.2, 0.25) is 0 Å². The van der Waals surface area contributed by atoms with E-state index in [-0.39, 0.29) is 5.69 Å². The Kier molecular flexibility index (Phi) is 5.02. The van der Waals surface area contributed by atoms with Crippen molar-refractivity contribution in [3.05, 3.63) is 54.1 Å². The maximum atomic E-state index is 13.6. The predicted molar refractivity (Wildman–Crippen MR) is 92.2 cm³/mol. The lowest BCUT2D eigenvalue weighted by Gasteiger charge is -2.36. The predicted octanol–water partition coefficient (Wildman–Crippen LogP) is 3.33. The summed E-state index contributed by atoms with van der Waals surface area (Å²) < 4.78 is 31.9. The van der Waals surface area contributed by atoms with Crippen molar-refractivity contribution < 1.29 is 18.3 Å². The van der Waals surface area contributed by atoms with Crippen molar-refractivity contribution in [2.75, 3.05) is 43.5 Å². The number of nitrogens with one attached hydrogen (secondary N) is 1. The Morgan fingerprint density at radius 2 is 1.80 bits per heavy atom. The highest BCUT2D eigenvalue weighted by Gasteiger charge is 2.23. The van der Waals surface area contributed by atoms with Crippen molar-refractivity contribution in [1.82, 2.24) is 4.90 Å². The lowest BCUT2D eigenvalue weighted by atomic mass is 10.2. The molecule has 0 bridgehead atoms. The summed E-state index contributed by atoms with van der Waals surface area (Å²) in [5, 5.41) is 2.49. The summed E-state index contributed by atoms with van der Waals surface area (Å²) >= 11 is 0. The lowest BCUT2D eigenvalue weighted by molar-refractivity contribution is 0.208. The molecule has 0 atom stereocenters. The first kappa shape index (κ1) is 17.0. The van der Waals surface area contributed by atoms with Gasteiger partial charge in [0.1, 0.15) is 17.4 Å². The second-order valence-electron chi connectivity index (χ2n) is 5.70. The van der Waals surface area contributed by atoms with Gasteiger partial charge in [-0.05, 0) is 24.3 Å². The van der Waals surface area contributed by atoms with Crippen molar-refractivity contribution >= 4 is 17.4 Å². The fourth-order valence-corrected chi connectivity index (χ4v) is 2.83. The Bertz CT molecular complexity index is 762. The van der Waals surface area contributed by atoms with Crippen LogP contribution in [0.1, 0.15) is 0 Å². The number of rotatable bonds is 3. The molecule has 0 radical (unpaired) electrons. The normalized spacial score (nSPS) is 14.4. The van der Waals surface area contributed by atoms with Crippen LogP contribution in [-0.4, -0.2) is 44.2 Å². The third-order valence-electron chi connectivity index (χ3n) is 4.17. The van der Waals surface area contributed by atoms with Crippen LogP contribution in [0.4, 0.5) is 25.0 Å². The molecule has 1 aliphatic heterocycles. The van der Waals surface area contributed by atoms with Crippen LogP contribution in [0.25, 0.3) is 0 Å². The Balaban J connectivity index is 1.61. The largest absolute Gasteiger partial charge is 0.495 e. The highest BCUT2D eigenvalue weighted by molar-refractivity contribution is 5.89. The number of nitrogens with zero attached hydrogens (tertiary/aromatic N) is 2. The number of amides is 2. The van der Waals surface area contributed by atoms with E-state index >= 15 is 0 Å². The number of urea groups is 1. The summed E-state index contributed by atoms with van der Waals surface area (Å²) in [7, 11) is 1.62. The molecule has 0 saturated carbocycles. The van der Waals surface area contributed by atoms with Crippen LogP contribution in [0.3, 0.4) is 0 Å². The number of methoxy groups -OCH3 is 1. The molecule has 0 aromatic heterocycles. The van der Waals surface area contributed by atoms with Gasteiger partial charge in [0.25, 0.3) is 0 Å². The Labute approximate surface area is 144 Å². The van der Waals surface area contributed by atoms with E-state index in [0.717, 1.165) is 23.6 Å². The molecule has 7 heteroatoms. The van der Waals surface area contributed by atoms with E-state index in [9.17, 15) is 13.6 Å². The fraction of sp³-hybridized carbons (Fsp3) is 0.278. The molecule has 1 saturated heterocycles. The van der Waals surface area contributed by atoms with Gasteiger partial charge in [-0.2, -0.15) is 0 Å². The van der Waals surface area contributed by atoms with Gasteiger partial charge < -0.3 is 19.9 Å². The summed E-state index contributed by atoms with van der Waals surface area (Å²) in [5.41, 5.74) is 0.952. The summed E-state index contributed by atoms with van der Waals surface area (Å²) in [4.78, 5) is 16.0. The summed E-state index contributed by atoms with van der Waals surface area (Å²) in [5.74, 6) is -0.685. The second kappa shape index (κ2) is 7.38. The third-order valence-corrected chi connectivity index (χ3v) is 4.17. The molecule has 2 aromatic rings. The minimum atomic E-state index is -0.791. The van der Waals surface area contributed by atoms with E-state index in [1.54, 1.807) is 12.0 Å². The van der Waals surface area contributed by atoms with Crippen LogP contribution >= 0.6 is 0 Å². The van der Waals surface area contributed by atoms with Gasteiger partial charge in [0.05, 0.1) is 18.5 Å². The number of para-hydroxylation sites is 2. The van der Waals surface area contributed by atoms with E-state index < -0.39 is 17.7 Å². The molecule has 3 rings (SSSR count). The van der Waals surface area contributed by atoms with E-state index in [1.807, 2.05) is 24.3 Å². The van der Waals surface area contributed by atoms with Crippen LogP contribution in [0.5, 0.6) is 5.75 Å². The standard InChI is InChI=1S/C18H19F2N3O2/c1-25-17-5-3-2-4-16(17)22-8-10-23(11-9-22)18(24)21-15-7-6-13(19)12-14(15)20/h2-7,12H,8-11H2,1H3,(H,21,24). The van der Waals surface area contributed by atoms with Crippen molar-refractivity contribution in [2.45, 2.75) is 0 Å². The molecule has 0 aliphatic carbocycles. The molecule has 25 heavy (non-hydrogen) atoms. The molecule has 1 heterocycles. The first-order valence-corrected chi connectivity index (χ1v) is 7.97. The topological polar surface area (TPSA) is 44.8 Å². The molecular formula is C18H19F2N3O2. The smallest absolute Gasteiger partial charge is 0.322 e. The van der Waals surface area contributed by atoms with Crippen molar-refractivity contribution in [3.63, 3.8) is 0 Å². The molecule has 0 spiro atoms. The van der Waals surface area contributed by atoms with E-state index in [0.29, 0.717) is 26.2 Å². The monoisotopic (exact) mass is 347 g/mol. The number of halogens is 2. The molecule has 1 aliphatic rings. The quantitative estimate of drug-likeness (QED) is 0.926. The zero-order chi connectivity index (χ0) is 17.8. The molecular weight excluding hydrogens is 328 g/mol. The van der Waals surface area contributed by atoms with E-state index in [2.05, 4.69) is 10.2 Å². The van der Waals surface area contributed by atoms with Crippen LogP contribution in [-0.2, 0) is 0 Å². The summed E-state index contributed by atoms with van der Waals surface area (Å²) in [6.45, 7) is 2.26. The van der Waals surface area contributed by atoms with Gasteiger partial charge in [-0.3, -0.25) is 0 Å². The molecule has 2 amide bonds. The first-order chi connectivity index (χ1) is 12.1. The SMILES string of the molecule is COc1ccccc1N1CCN(C(=O)Nc2ccc(F)cc2F)CC1. The minimum Gasteiger partial charge on any atom is -0.495 e. The Morgan fingerprint density at radius 3 is 2.48 bits per heavy atom. The second-order valence-corrected chi connectivity index (χ2v) is 5.70. The van der Waals surface area contributed by atoms with Gasteiger partial charge in [0, 0.05) is 32.2 Å². The van der Waals surface area contributed by atoms with E-state index in [1.165, 1.54) is 6.07 Å². The zero-order valence-corrected chi connectivity index (χ0v) is 13.8. The van der Waals surface area contributed by atoms with Crippen LogP contribution in [0.15, 0.2) is 42.5 Å². The van der Waals surface area contributed by atoms with Crippen LogP contribution < -0.4 is 15.0 Å². The lowest BCUT2D eigenvalue weighted by Crippen LogP contribution is -2.50. The number of hydrogen-bond donors (Lipinski definition) is 1. The zero-order valence-electron chi connectivity index (χ0n) is 13.8. The van der Waals surface area contributed by atoms with Gasteiger partial charge >= 0.3 is 6.03 Å². The van der Waals surface area contributed by atoms with Gasteiger partial charge in [-0.1, -0.05) is 12.1 Å². The van der Waals surface area contributed by atoms with Gasteiger partial charge in [0.15, 0.2) is 0 Å². The number of benzene rings is 2. The van der Waals surface area contributed by atoms with Gasteiger partial charge in [-0.15, -0.1) is 0 Å².